The maximum atomic E-state index is 13.4. The SMILES string of the molecule is Cc1ccc(-c2nc3cc(F)c(F)cc3n2CC#N)cc1. The Morgan fingerprint density at radius 2 is 1.81 bits per heavy atom. The topological polar surface area (TPSA) is 41.6 Å². The van der Waals surface area contributed by atoms with Gasteiger partial charge in [0.15, 0.2) is 11.6 Å². The predicted octanol–water partition coefficient (Wildman–Crippen LogP) is 3.81. The second-order valence-corrected chi connectivity index (χ2v) is 4.80. The lowest BCUT2D eigenvalue weighted by Crippen LogP contribution is -1.99. The number of fused-ring (bicyclic) bond motifs is 1. The molecule has 0 aliphatic heterocycles. The van der Waals surface area contributed by atoms with Gasteiger partial charge in [-0.15, -0.1) is 0 Å². The number of aromatic nitrogens is 2. The number of benzene rings is 2. The Hall–Kier alpha value is -2.74. The second-order valence-electron chi connectivity index (χ2n) is 4.80. The smallest absolute Gasteiger partial charge is 0.161 e. The van der Waals surface area contributed by atoms with Crippen LogP contribution in [0.4, 0.5) is 8.78 Å². The summed E-state index contributed by atoms with van der Waals surface area (Å²) in [5.74, 6) is -1.37. The van der Waals surface area contributed by atoms with Gasteiger partial charge >= 0.3 is 0 Å². The second kappa shape index (κ2) is 4.98. The minimum Gasteiger partial charge on any atom is -0.310 e. The molecule has 3 aromatic rings. The van der Waals surface area contributed by atoms with Crippen LogP contribution in [0.1, 0.15) is 5.56 Å². The van der Waals surface area contributed by atoms with Crippen molar-refractivity contribution < 1.29 is 8.78 Å². The molecule has 0 unspecified atom stereocenters. The van der Waals surface area contributed by atoms with E-state index in [2.05, 4.69) is 4.98 Å². The van der Waals surface area contributed by atoms with Crippen molar-refractivity contribution in [1.82, 2.24) is 9.55 Å². The van der Waals surface area contributed by atoms with Crippen LogP contribution in [0.3, 0.4) is 0 Å². The molecule has 0 saturated carbocycles. The van der Waals surface area contributed by atoms with E-state index < -0.39 is 11.6 Å². The standard InChI is InChI=1S/C16H11F2N3/c1-10-2-4-11(5-3-10)16-20-14-8-12(17)13(18)9-15(14)21(16)7-6-19/h2-5,8-9H,7H2,1H3. The molecule has 0 aliphatic carbocycles. The highest BCUT2D eigenvalue weighted by atomic mass is 19.2. The maximum absolute atomic E-state index is 13.4. The molecule has 0 spiro atoms. The van der Waals surface area contributed by atoms with Gasteiger partial charge in [0, 0.05) is 17.7 Å². The third kappa shape index (κ3) is 2.25. The fraction of sp³-hybridized carbons (Fsp3) is 0.125. The monoisotopic (exact) mass is 283 g/mol. The summed E-state index contributed by atoms with van der Waals surface area (Å²) in [5, 5.41) is 8.97. The molecule has 0 radical (unpaired) electrons. The summed E-state index contributed by atoms with van der Waals surface area (Å²) in [7, 11) is 0. The van der Waals surface area contributed by atoms with Crippen molar-refractivity contribution >= 4 is 11.0 Å². The van der Waals surface area contributed by atoms with Gasteiger partial charge in [0.25, 0.3) is 0 Å². The molecular formula is C16H11F2N3. The van der Waals surface area contributed by atoms with Crippen molar-refractivity contribution in [3.63, 3.8) is 0 Å². The molecule has 3 nitrogen and oxygen atoms in total. The molecule has 0 saturated heterocycles. The van der Waals surface area contributed by atoms with Crippen molar-refractivity contribution in [3.05, 3.63) is 53.6 Å². The lowest BCUT2D eigenvalue weighted by molar-refractivity contribution is 0.510. The summed E-state index contributed by atoms with van der Waals surface area (Å²) in [6.07, 6.45) is 0. The molecule has 0 atom stereocenters. The Labute approximate surface area is 120 Å². The number of aryl methyl sites for hydroxylation is 1. The van der Waals surface area contributed by atoms with E-state index in [1.165, 1.54) is 0 Å². The lowest BCUT2D eigenvalue weighted by atomic mass is 10.1. The fourth-order valence-corrected chi connectivity index (χ4v) is 2.27. The Morgan fingerprint density at radius 3 is 2.48 bits per heavy atom. The first-order valence-corrected chi connectivity index (χ1v) is 6.39. The molecular weight excluding hydrogens is 272 g/mol. The summed E-state index contributed by atoms with van der Waals surface area (Å²) in [4.78, 5) is 4.34. The zero-order valence-electron chi connectivity index (χ0n) is 11.3. The first-order chi connectivity index (χ1) is 10.1. The number of hydrogen-bond acceptors (Lipinski definition) is 2. The van der Waals surface area contributed by atoms with E-state index in [-0.39, 0.29) is 6.54 Å². The van der Waals surface area contributed by atoms with Crippen LogP contribution < -0.4 is 0 Å². The van der Waals surface area contributed by atoms with Crippen LogP contribution in [0.15, 0.2) is 36.4 Å². The molecule has 0 aliphatic rings. The number of imidazole rings is 1. The predicted molar refractivity (Wildman–Crippen MR) is 75.4 cm³/mol. The van der Waals surface area contributed by atoms with Crippen LogP contribution in [-0.2, 0) is 6.54 Å². The van der Waals surface area contributed by atoms with Gasteiger partial charge in [-0.3, -0.25) is 0 Å². The molecule has 1 aromatic heterocycles. The van der Waals surface area contributed by atoms with Crippen molar-refractivity contribution in [1.29, 1.82) is 5.26 Å². The Bertz CT molecular complexity index is 858. The van der Waals surface area contributed by atoms with Crippen molar-refractivity contribution in [2.75, 3.05) is 0 Å². The minimum atomic E-state index is -0.947. The first kappa shape index (κ1) is 13.3. The van der Waals surface area contributed by atoms with Crippen LogP contribution in [0.2, 0.25) is 0 Å². The van der Waals surface area contributed by atoms with Crippen LogP contribution >= 0.6 is 0 Å². The van der Waals surface area contributed by atoms with Gasteiger partial charge in [-0.05, 0) is 6.92 Å². The van der Waals surface area contributed by atoms with Gasteiger partial charge in [0.1, 0.15) is 12.4 Å². The highest BCUT2D eigenvalue weighted by molar-refractivity contribution is 5.81. The normalized spacial score (nSPS) is 10.8. The van der Waals surface area contributed by atoms with E-state index in [0.717, 1.165) is 23.3 Å². The maximum Gasteiger partial charge on any atom is 0.161 e. The fourth-order valence-electron chi connectivity index (χ4n) is 2.27. The third-order valence-electron chi connectivity index (χ3n) is 3.33. The Balaban J connectivity index is 2.29. The lowest BCUT2D eigenvalue weighted by Gasteiger charge is -2.05. The van der Waals surface area contributed by atoms with E-state index in [1.54, 1.807) is 4.57 Å². The number of hydrogen-bond donors (Lipinski definition) is 0. The third-order valence-corrected chi connectivity index (χ3v) is 3.33. The van der Waals surface area contributed by atoms with Crippen molar-refractivity contribution in [2.24, 2.45) is 0 Å². The van der Waals surface area contributed by atoms with E-state index in [0.29, 0.717) is 16.9 Å². The number of rotatable bonds is 2. The summed E-state index contributed by atoms with van der Waals surface area (Å²) < 4.78 is 28.4. The van der Waals surface area contributed by atoms with Gasteiger partial charge in [0.05, 0.1) is 17.1 Å². The van der Waals surface area contributed by atoms with Gasteiger partial charge in [-0.2, -0.15) is 5.26 Å². The van der Waals surface area contributed by atoms with Gasteiger partial charge in [0.2, 0.25) is 0 Å². The summed E-state index contributed by atoms with van der Waals surface area (Å²) in [6.45, 7) is 1.98. The Morgan fingerprint density at radius 1 is 1.14 bits per heavy atom. The zero-order chi connectivity index (χ0) is 15.0. The summed E-state index contributed by atoms with van der Waals surface area (Å²) >= 11 is 0. The molecule has 0 bridgehead atoms. The number of halogens is 2. The molecule has 0 fully saturated rings. The molecule has 0 N–H and O–H groups in total. The van der Waals surface area contributed by atoms with Crippen molar-refractivity contribution in [2.45, 2.75) is 13.5 Å². The first-order valence-electron chi connectivity index (χ1n) is 6.39. The summed E-state index contributed by atoms with van der Waals surface area (Å²) in [6, 6.07) is 11.7. The van der Waals surface area contributed by atoms with E-state index in [1.807, 2.05) is 37.3 Å². The zero-order valence-corrected chi connectivity index (χ0v) is 11.3. The molecule has 0 amide bonds. The van der Waals surface area contributed by atoms with E-state index in [9.17, 15) is 8.78 Å². The average molecular weight is 283 g/mol. The Kier molecular flexibility index (Phi) is 3.15. The van der Waals surface area contributed by atoms with E-state index >= 15 is 0 Å². The number of nitriles is 1. The molecule has 3 rings (SSSR count). The van der Waals surface area contributed by atoms with Gasteiger partial charge in [-0.25, -0.2) is 13.8 Å². The molecule has 1 heterocycles. The molecule has 5 heteroatoms. The van der Waals surface area contributed by atoms with E-state index in [4.69, 9.17) is 5.26 Å². The van der Waals surface area contributed by atoms with Crippen molar-refractivity contribution in [3.8, 4) is 17.5 Å². The highest BCUT2D eigenvalue weighted by Gasteiger charge is 2.15. The van der Waals surface area contributed by atoms with Gasteiger partial charge in [-0.1, -0.05) is 29.8 Å². The van der Waals surface area contributed by atoms with Crippen LogP contribution in [0.5, 0.6) is 0 Å². The number of nitrogens with zero attached hydrogens (tertiary/aromatic N) is 3. The van der Waals surface area contributed by atoms with Crippen LogP contribution in [-0.4, -0.2) is 9.55 Å². The quantitative estimate of drug-likeness (QED) is 0.717. The molecule has 21 heavy (non-hydrogen) atoms. The van der Waals surface area contributed by atoms with Crippen LogP contribution in [0.25, 0.3) is 22.4 Å². The summed E-state index contributed by atoms with van der Waals surface area (Å²) in [5.41, 5.74) is 2.64. The average Bonchev–Trinajstić information content (AvgIpc) is 2.79. The minimum absolute atomic E-state index is 0.0186. The van der Waals surface area contributed by atoms with Gasteiger partial charge < -0.3 is 4.57 Å². The molecule has 104 valence electrons. The van der Waals surface area contributed by atoms with Crippen LogP contribution in [0, 0.1) is 29.9 Å². The molecule has 2 aromatic carbocycles. The largest absolute Gasteiger partial charge is 0.310 e. The highest BCUT2D eigenvalue weighted by Crippen LogP contribution is 2.26.